The number of benzene rings is 2. The third-order valence-corrected chi connectivity index (χ3v) is 3.49. The van der Waals surface area contributed by atoms with Crippen LogP contribution in [0.3, 0.4) is 0 Å². The molecule has 1 aromatic heterocycles. The van der Waals surface area contributed by atoms with E-state index in [4.69, 9.17) is 4.74 Å². The van der Waals surface area contributed by atoms with Gasteiger partial charge in [-0.1, -0.05) is 17.7 Å². The first-order chi connectivity index (χ1) is 11.1. The zero-order valence-electron chi connectivity index (χ0n) is 13.0. The second-order valence-electron chi connectivity index (χ2n) is 5.36. The van der Waals surface area contributed by atoms with Gasteiger partial charge in [0.2, 0.25) is 0 Å². The molecule has 3 rings (SSSR count). The molecule has 3 N–H and O–H groups in total. The molecule has 0 aliphatic rings. The van der Waals surface area contributed by atoms with Crippen LogP contribution in [-0.4, -0.2) is 23.0 Å². The lowest BCUT2D eigenvalue weighted by atomic mass is 10.1. The first kappa shape index (κ1) is 14.9. The van der Waals surface area contributed by atoms with Crippen LogP contribution in [0, 0.1) is 13.8 Å². The molecule has 6 heteroatoms. The van der Waals surface area contributed by atoms with Gasteiger partial charge in [0.15, 0.2) is 6.73 Å². The van der Waals surface area contributed by atoms with Crippen LogP contribution in [0.5, 0.6) is 5.75 Å². The second kappa shape index (κ2) is 6.39. The van der Waals surface area contributed by atoms with Crippen LogP contribution in [0.25, 0.3) is 10.9 Å². The fourth-order valence-electron chi connectivity index (χ4n) is 2.33. The number of aryl methyl sites for hydroxylation is 2. The number of nitrogens with zero attached hydrogens (tertiary/aromatic N) is 1. The van der Waals surface area contributed by atoms with Crippen LogP contribution in [-0.2, 0) is 0 Å². The number of urea groups is 1. The largest absolute Gasteiger partial charge is 0.473 e. The predicted octanol–water partition coefficient (Wildman–Crippen LogP) is 3.34. The SMILES string of the molecule is Cc1ccc(OCNC(=O)Nc2ccc3cn[nH]c3c2)c(C)c1. The maximum Gasteiger partial charge on any atom is 0.321 e. The molecule has 0 saturated heterocycles. The number of anilines is 1. The van der Waals surface area contributed by atoms with Crippen molar-refractivity contribution in [3.8, 4) is 5.75 Å². The highest BCUT2D eigenvalue weighted by Gasteiger charge is 2.04. The van der Waals surface area contributed by atoms with Crippen LogP contribution >= 0.6 is 0 Å². The van der Waals surface area contributed by atoms with Gasteiger partial charge in [-0.3, -0.25) is 5.10 Å². The number of H-pyrrole nitrogens is 1. The van der Waals surface area contributed by atoms with E-state index >= 15 is 0 Å². The van der Waals surface area contributed by atoms with Gasteiger partial charge in [-0.05, 0) is 43.7 Å². The lowest BCUT2D eigenvalue weighted by molar-refractivity contribution is 0.234. The van der Waals surface area contributed by atoms with Crippen molar-refractivity contribution in [3.05, 3.63) is 53.7 Å². The van der Waals surface area contributed by atoms with Crippen molar-refractivity contribution in [1.29, 1.82) is 0 Å². The Hall–Kier alpha value is -3.02. The fraction of sp³-hybridized carbons (Fsp3) is 0.176. The van der Waals surface area contributed by atoms with E-state index in [-0.39, 0.29) is 12.8 Å². The molecule has 23 heavy (non-hydrogen) atoms. The van der Waals surface area contributed by atoms with Crippen molar-refractivity contribution in [2.45, 2.75) is 13.8 Å². The molecule has 0 aliphatic carbocycles. The molecular weight excluding hydrogens is 292 g/mol. The molecule has 118 valence electrons. The number of carbonyl (C=O) groups excluding carboxylic acids is 1. The minimum atomic E-state index is -0.325. The van der Waals surface area contributed by atoms with E-state index in [1.165, 1.54) is 5.56 Å². The highest BCUT2D eigenvalue weighted by molar-refractivity contribution is 5.92. The topological polar surface area (TPSA) is 79.0 Å². The van der Waals surface area contributed by atoms with Crippen LogP contribution in [0.1, 0.15) is 11.1 Å². The number of amides is 2. The van der Waals surface area contributed by atoms with Crippen LogP contribution in [0.15, 0.2) is 42.6 Å². The lowest BCUT2D eigenvalue weighted by Gasteiger charge is -2.11. The number of aromatic nitrogens is 2. The van der Waals surface area contributed by atoms with E-state index < -0.39 is 0 Å². The quantitative estimate of drug-likeness (QED) is 0.647. The Kier molecular flexibility index (Phi) is 4.14. The van der Waals surface area contributed by atoms with E-state index in [0.717, 1.165) is 22.2 Å². The Morgan fingerprint density at radius 2 is 2.09 bits per heavy atom. The molecule has 0 spiro atoms. The van der Waals surface area contributed by atoms with E-state index in [2.05, 4.69) is 20.8 Å². The summed E-state index contributed by atoms with van der Waals surface area (Å²) in [6, 6.07) is 11.1. The molecule has 2 aromatic carbocycles. The second-order valence-corrected chi connectivity index (χ2v) is 5.36. The number of hydrogen-bond acceptors (Lipinski definition) is 3. The molecule has 2 amide bonds. The average molecular weight is 310 g/mol. The summed E-state index contributed by atoms with van der Waals surface area (Å²) in [5.74, 6) is 0.759. The van der Waals surface area contributed by atoms with Crippen LogP contribution < -0.4 is 15.4 Å². The first-order valence-electron chi connectivity index (χ1n) is 7.30. The molecule has 6 nitrogen and oxygen atoms in total. The van der Waals surface area contributed by atoms with Gasteiger partial charge in [-0.25, -0.2) is 4.79 Å². The van der Waals surface area contributed by atoms with Crippen LogP contribution in [0.4, 0.5) is 10.5 Å². The van der Waals surface area contributed by atoms with Gasteiger partial charge in [0.25, 0.3) is 0 Å². The highest BCUT2D eigenvalue weighted by Crippen LogP contribution is 2.18. The number of hydrogen-bond donors (Lipinski definition) is 3. The summed E-state index contributed by atoms with van der Waals surface area (Å²) in [6.45, 7) is 4.10. The molecule has 1 heterocycles. The van der Waals surface area contributed by atoms with Gasteiger partial charge in [-0.2, -0.15) is 5.10 Å². The number of aromatic amines is 1. The van der Waals surface area contributed by atoms with Crippen molar-refractivity contribution in [2.24, 2.45) is 0 Å². The number of ether oxygens (including phenoxy) is 1. The number of carbonyl (C=O) groups is 1. The molecule has 0 aliphatic heterocycles. The molecule has 3 aromatic rings. The zero-order valence-corrected chi connectivity index (χ0v) is 13.0. The van der Waals surface area contributed by atoms with E-state index in [0.29, 0.717) is 5.69 Å². The van der Waals surface area contributed by atoms with E-state index in [9.17, 15) is 4.79 Å². The number of fused-ring (bicyclic) bond motifs is 1. The monoisotopic (exact) mass is 310 g/mol. The van der Waals surface area contributed by atoms with Crippen molar-refractivity contribution < 1.29 is 9.53 Å². The number of rotatable bonds is 4. The molecule has 0 fully saturated rings. The minimum absolute atomic E-state index is 0.0992. The molecule has 0 bridgehead atoms. The standard InChI is InChI=1S/C17H18N4O2/c1-11-3-6-16(12(2)7-11)23-10-18-17(22)20-14-5-4-13-9-19-21-15(13)8-14/h3-9H,10H2,1-2H3,(H,19,21)(H2,18,20,22). The normalized spacial score (nSPS) is 10.5. The Bertz CT molecular complexity index is 841. The average Bonchev–Trinajstić information content (AvgIpc) is 2.97. The Morgan fingerprint density at radius 1 is 1.22 bits per heavy atom. The number of nitrogens with one attached hydrogen (secondary N) is 3. The summed E-state index contributed by atoms with van der Waals surface area (Å²) in [5.41, 5.74) is 3.77. The molecule has 0 saturated carbocycles. The zero-order chi connectivity index (χ0) is 16.2. The highest BCUT2D eigenvalue weighted by atomic mass is 16.5. The van der Waals surface area contributed by atoms with Crippen molar-refractivity contribution in [3.63, 3.8) is 0 Å². The summed E-state index contributed by atoms with van der Waals surface area (Å²) >= 11 is 0. The third-order valence-electron chi connectivity index (χ3n) is 3.49. The smallest absolute Gasteiger partial charge is 0.321 e. The maximum atomic E-state index is 11.9. The Balaban J connectivity index is 1.53. The summed E-state index contributed by atoms with van der Waals surface area (Å²) in [6.07, 6.45) is 1.73. The van der Waals surface area contributed by atoms with Crippen molar-refractivity contribution in [2.75, 3.05) is 12.0 Å². The summed E-state index contributed by atoms with van der Waals surface area (Å²) < 4.78 is 5.57. The van der Waals surface area contributed by atoms with Gasteiger partial charge in [0.05, 0.1) is 11.7 Å². The van der Waals surface area contributed by atoms with Crippen LogP contribution in [0.2, 0.25) is 0 Å². The van der Waals surface area contributed by atoms with E-state index in [1.807, 2.05) is 50.2 Å². The molecular formula is C17H18N4O2. The summed E-state index contributed by atoms with van der Waals surface area (Å²) in [4.78, 5) is 11.9. The molecule has 0 unspecified atom stereocenters. The first-order valence-corrected chi connectivity index (χ1v) is 7.30. The lowest BCUT2D eigenvalue weighted by Crippen LogP contribution is -2.32. The summed E-state index contributed by atoms with van der Waals surface area (Å²) in [5, 5.41) is 13.2. The van der Waals surface area contributed by atoms with Crippen molar-refractivity contribution >= 4 is 22.6 Å². The minimum Gasteiger partial charge on any atom is -0.473 e. The van der Waals surface area contributed by atoms with Gasteiger partial charge in [0, 0.05) is 11.1 Å². The molecule has 0 atom stereocenters. The fourth-order valence-corrected chi connectivity index (χ4v) is 2.33. The van der Waals surface area contributed by atoms with Crippen molar-refractivity contribution in [1.82, 2.24) is 15.5 Å². The van der Waals surface area contributed by atoms with Gasteiger partial charge >= 0.3 is 6.03 Å². The third kappa shape index (κ3) is 3.60. The predicted molar refractivity (Wildman–Crippen MR) is 89.7 cm³/mol. The Labute approximate surface area is 133 Å². The Morgan fingerprint density at radius 3 is 2.91 bits per heavy atom. The molecule has 0 radical (unpaired) electrons. The summed E-state index contributed by atoms with van der Waals surface area (Å²) in [7, 11) is 0. The van der Waals surface area contributed by atoms with Gasteiger partial charge in [-0.15, -0.1) is 0 Å². The maximum absolute atomic E-state index is 11.9. The van der Waals surface area contributed by atoms with Gasteiger partial charge in [0.1, 0.15) is 5.75 Å². The van der Waals surface area contributed by atoms with Gasteiger partial charge < -0.3 is 15.4 Å². The van der Waals surface area contributed by atoms with E-state index in [1.54, 1.807) is 6.20 Å².